The van der Waals surface area contributed by atoms with Gasteiger partial charge in [-0.05, 0) is 30.3 Å². The maximum atomic E-state index is 11.9. The standard InChI is InChI=1S/C13H11BrN2O/c14-10-6-7-12(11(15)8-10)16-13(17)9-4-2-1-3-5-9/h1-8H,15H2,(H,16,17). The van der Waals surface area contributed by atoms with E-state index in [2.05, 4.69) is 21.2 Å². The molecule has 17 heavy (non-hydrogen) atoms. The molecule has 2 rings (SSSR count). The summed E-state index contributed by atoms with van der Waals surface area (Å²) >= 11 is 3.31. The Balaban J connectivity index is 2.19. The summed E-state index contributed by atoms with van der Waals surface area (Å²) in [5, 5.41) is 2.77. The number of carbonyl (C=O) groups is 1. The van der Waals surface area contributed by atoms with Gasteiger partial charge in [-0.15, -0.1) is 0 Å². The molecular formula is C13H11BrN2O. The zero-order valence-electron chi connectivity index (χ0n) is 8.98. The highest BCUT2D eigenvalue weighted by Gasteiger charge is 2.07. The predicted molar refractivity (Wildman–Crippen MR) is 72.9 cm³/mol. The number of hydrogen-bond acceptors (Lipinski definition) is 2. The first-order valence-electron chi connectivity index (χ1n) is 5.08. The van der Waals surface area contributed by atoms with E-state index < -0.39 is 0 Å². The molecule has 3 N–H and O–H groups in total. The van der Waals surface area contributed by atoms with Crippen LogP contribution in [0.5, 0.6) is 0 Å². The molecule has 0 unspecified atom stereocenters. The van der Waals surface area contributed by atoms with Gasteiger partial charge in [-0.25, -0.2) is 0 Å². The van der Waals surface area contributed by atoms with Crippen molar-refractivity contribution < 1.29 is 4.79 Å². The third kappa shape index (κ3) is 2.85. The molecule has 0 aliphatic rings. The molecule has 3 nitrogen and oxygen atoms in total. The lowest BCUT2D eigenvalue weighted by atomic mass is 10.2. The van der Waals surface area contributed by atoms with Crippen molar-refractivity contribution in [2.24, 2.45) is 0 Å². The van der Waals surface area contributed by atoms with Crippen LogP contribution in [0.2, 0.25) is 0 Å². The minimum absolute atomic E-state index is 0.167. The summed E-state index contributed by atoms with van der Waals surface area (Å²) in [6.07, 6.45) is 0. The van der Waals surface area contributed by atoms with Crippen molar-refractivity contribution in [2.75, 3.05) is 11.1 Å². The van der Waals surface area contributed by atoms with Crippen LogP contribution in [-0.4, -0.2) is 5.91 Å². The van der Waals surface area contributed by atoms with Crippen molar-refractivity contribution in [1.29, 1.82) is 0 Å². The largest absolute Gasteiger partial charge is 0.397 e. The molecule has 0 aromatic heterocycles. The second kappa shape index (κ2) is 5.01. The number of nitrogen functional groups attached to an aromatic ring is 1. The van der Waals surface area contributed by atoms with E-state index >= 15 is 0 Å². The van der Waals surface area contributed by atoms with Crippen molar-refractivity contribution in [1.82, 2.24) is 0 Å². The van der Waals surface area contributed by atoms with Gasteiger partial charge in [-0.3, -0.25) is 4.79 Å². The number of anilines is 2. The zero-order valence-corrected chi connectivity index (χ0v) is 10.6. The molecule has 0 spiro atoms. The lowest BCUT2D eigenvalue weighted by Crippen LogP contribution is -2.12. The fourth-order valence-electron chi connectivity index (χ4n) is 1.43. The molecule has 0 bridgehead atoms. The molecule has 0 fully saturated rings. The maximum absolute atomic E-state index is 11.9. The second-order valence-electron chi connectivity index (χ2n) is 3.55. The zero-order chi connectivity index (χ0) is 12.3. The van der Waals surface area contributed by atoms with Crippen molar-refractivity contribution in [3.63, 3.8) is 0 Å². The second-order valence-corrected chi connectivity index (χ2v) is 4.47. The van der Waals surface area contributed by atoms with Crippen LogP contribution in [0.4, 0.5) is 11.4 Å². The Morgan fingerprint density at radius 2 is 1.82 bits per heavy atom. The molecule has 2 aromatic rings. The van der Waals surface area contributed by atoms with E-state index in [1.54, 1.807) is 24.3 Å². The Labute approximate surface area is 108 Å². The molecule has 0 aliphatic heterocycles. The van der Waals surface area contributed by atoms with Gasteiger partial charge in [0.2, 0.25) is 0 Å². The maximum Gasteiger partial charge on any atom is 0.255 e. The van der Waals surface area contributed by atoms with E-state index in [-0.39, 0.29) is 5.91 Å². The highest BCUT2D eigenvalue weighted by atomic mass is 79.9. The Kier molecular flexibility index (Phi) is 3.44. The lowest BCUT2D eigenvalue weighted by Gasteiger charge is -2.08. The van der Waals surface area contributed by atoms with Crippen LogP contribution in [0.3, 0.4) is 0 Å². The Bertz CT molecular complexity index is 540. The average Bonchev–Trinajstić information content (AvgIpc) is 2.34. The first-order valence-corrected chi connectivity index (χ1v) is 5.87. The van der Waals surface area contributed by atoms with Crippen molar-refractivity contribution in [2.45, 2.75) is 0 Å². The number of halogens is 1. The number of rotatable bonds is 2. The van der Waals surface area contributed by atoms with Crippen LogP contribution in [-0.2, 0) is 0 Å². The average molecular weight is 291 g/mol. The first kappa shape index (κ1) is 11.7. The number of carbonyl (C=O) groups excluding carboxylic acids is 1. The van der Waals surface area contributed by atoms with E-state index in [0.29, 0.717) is 16.9 Å². The number of hydrogen-bond donors (Lipinski definition) is 2. The van der Waals surface area contributed by atoms with Gasteiger partial charge in [0.1, 0.15) is 0 Å². The van der Waals surface area contributed by atoms with E-state index in [4.69, 9.17) is 5.73 Å². The van der Waals surface area contributed by atoms with Crippen LogP contribution < -0.4 is 11.1 Å². The summed E-state index contributed by atoms with van der Waals surface area (Å²) in [5.74, 6) is -0.167. The minimum atomic E-state index is -0.167. The van der Waals surface area contributed by atoms with Gasteiger partial charge in [0, 0.05) is 10.0 Å². The summed E-state index contributed by atoms with van der Waals surface area (Å²) in [7, 11) is 0. The fraction of sp³-hybridized carbons (Fsp3) is 0. The summed E-state index contributed by atoms with van der Waals surface area (Å²) < 4.78 is 0.882. The summed E-state index contributed by atoms with van der Waals surface area (Å²) in [6.45, 7) is 0. The smallest absolute Gasteiger partial charge is 0.255 e. The molecule has 4 heteroatoms. The Morgan fingerprint density at radius 3 is 2.47 bits per heavy atom. The SMILES string of the molecule is Nc1cc(Br)ccc1NC(=O)c1ccccc1. The number of nitrogens with two attached hydrogens (primary N) is 1. The molecule has 0 atom stereocenters. The van der Waals surface area contributed by atoms with Crippen LogP contribution in [0.15, 0.2) is 53.0 Å². The van der Waals surface area contributed by atoms with Gasteiger partial charge in [-0.1, -0.05) is 34.1 Å². The van der Waals surface area contributed by atoms with E-state index in [1.165, 1.54) is 0 Å². The van der Waals surface area contributed by atoms with E-state index in [0.717, 1.165) is 4.47 Å². The molecule has 0 saturated heterocycles. The van der Waals surface area contributed by atoms with Crippen molar-refractivity contribution in [3.05, 3.63) is 58.6 Å². The third-order valence-electron chi connectivity index (χ3n) is 2.30. The first-order chi connectivity index (χ1) is 8.16. The molecule has 0 saturated carbocycles. The Hall–Kier alpha value is -1.81. The van der Waals surface area contributed by atoms with Gasteiger partial charge in [0.15, 0.2) is 0 Å². The highest BCUT2D eigenvalue weighted by molar-refractivity contribution is 9.10. The third-order valence-corrected chi connectivity index (χ3v) is 2.79. The van der Waals surface area contributed by atoms with Gasteiger partial charge in [0.25, 0.3) is 5.91 Å². The topological polar surface area (TPSA) is 55.1 Å². The molecule has 86 valence electrons. The number of benzene rings is 2. The molecule has 0 radical (unpaired) electrons. The Morgan fingerprint density at radius 1 is 1.12 bits per heavy atom. The number of nitrogens with one attached hydrogen (secondary N) is 1. The van der Waals surface area contributed by atoms with Gasteiger partial charge in [0.05, 0.1) is 11.4 Å². The predicted octanol–water partition coefficient (Wildman–Crippen LogP) is 3.28. The minimum Gasteiger partial charge on any atom is -0.397 e. The normalized spacial score (nSPS) is 9.94. The summed E-state index contributed by atoms with van der Waals surface area (Å²) in [4.78, 5) is 11.9. The lowest BCUT2D eigenvalue weighted by molar-refractivity contribution is 0.102. The molecule has 1 amide bonds. The fourth-order valence-corrected chi connectivity index (χ4v) is 1.81. The quantitative estimate of drug-likeness (QED) is 0.834. The molecule has 2 aromatic carbocycles. The van der Waals surface area contributed by atoms with Gasteiger partial charge in [-0.2, -0.15) is 0 Å². The summed E-state index contributed by atoms with van der Waals surface area (Å²) in [5.41, 5.74) is 7.55. The highest BCUT2D eigenvalue weighted by Crippen LogP contribution is 2.23. The van der Waals surface area contributed by atoms with Gasteiger partial charge >= 0.3 is 0 Å². The van der Waals surface area contributed by atoms with E-state index in [9.17, 15) is 4.79 Å². The summed E-state index contributed by atoms with van der Waals surface area (Å²) in [6, 6.07) is 14.4. The molecular weight excluding hydrogens is 280 g/mol. The van der Waals surface area contributed by atoms with Crippen molar-refractivity contribution >= 4 is 33.2 Å². The van der Waals surface area contributed by atoms with Crippen LogP contribution >= 0.6 is 15.9 Å². The van der Waals surface area contributed by atoms with Crippen LogP contribution in [0.25, 0.3) is 0 Å². The van der Waals surface area contributed by atoms with E-state index in [1.807, 2.05) is 24.3 Å². The van der Waals surface area contributed by atoms with Crippen LogP contribution in [0.1, 0.15) is 10.4 Å². The number of amides is 1. The van der Waals surface area contributed by atoms with Crippen molar-refractivity contribution in [3.8, 4) is 0 Å². The van der Waals surface area contributed by atoms with Crippen LogP contribution in [0, 0.1) is 0 Å². The van der Waals surface area contributed by atoms with Gasteiger partial charge < -0.3 is 11.1 Å². The molecule has 0 aliphatic carbocycles. The monoisotopic (exact) mass is 290 g/mol. The molecule has 0 heterocycles.